The van der Waals surface area contributed by atoms with Gasteiger partial charge in [0, 0.05) is 13.1 Å². The lowest BCUT2D eigenvalue weighted by Crippen LogP contribution is -2.29. The van der Waals surface area contributed by atoms with E-state index in [1.54, 1.807) is 7.05 Å². The smallest absolute Gasteiger partial charge is 0.329 e. The zero-order valence-corrected chi connectivity index (χ0v) is 13.4. The van der Waals surface area contributed by atoms with Crippen molar-refractivity contribution in [1.82, 2.24) is 19.1 Å². The van der Waals surface area contributed by atoms with Crippen molar-refractivity contribution in [3.8, 4) is 0 Å². The van der Waals surface area contributed by atoms with Crippen LogP contribution >= 0.6 is 0 Å². The van der Waals surface area contributed by atoms with Crippen molar-refractivity contribution in [2.24, 2.45) is 7.05 Å². The van der Waals surface area contributed by atoms with Crippen molar-refractivity contribution < 1.29 is 4.74 Å². The van der Waals surface area contributed by atoms with Gasteiger partial charge in [-0.1, -0.05) is 30.3 Å². The second-order valence-electron chi connectivity index (χ2n) is 6.10. The summed E-state index contributed by atoms with van der Waals surface area (Å²) in [5.74, 6) is 0.690. The second-order valence-corrected chi connectivity index (χ2v) is 6.10. The van der Waals surface area contributed by atoms with Gasteiger partial charge in [-0.2, -0.15) is 0 Å². The van der Waals surface area contributed by atoms with Crippen LogP contribution in [-0.2, 0) is 25.0 Å². The molecular weight excluding hydrogens is 308 g/mol. The number of nitrogens with zero attached hydrogens (tertiary/aromatic N) is 3. The highest BCUT2D eigenvalue weighted by Gasteiger charge is 2.30. The number of imidazole rings is 1. The molecule has 1 N–H and O–H groups in total. The number of H-pyrrole nitrogens is 1. The Bertz CT molecular complexity index is 996. The zero-order valence-electron chi connectivity index (χ0n) is 13.4. The third-order valence-corrected chi connectivity index (χ3v) is 4.27. The highest BCUT2D eigenvalue weighted by molar-refractivity contribution is 5.71. The third-order valence-electron chi connectivity index (χ3n) is 4.27. The van der Waals surface area contributed by atoms with Crippen LogP contribution in [0.4, 0.5) is 0 Å². The molecule has 3 aromatic rings. The Morgan fingerprint density at radius 3 is 2.67 bits per heavy atom. The van der Waals surface area contributed by atoms with Crippen LogP contribution in [-0.4, -0.2) is 19.1 Å². The van der Waals surface area contributed by atoms with Gasteiger partial charge in [-0.25, -0.2) is 9.78 Å². The molecule has 0 aliphatic heterocycles. The summed E-state index contributed by atoms with van der Waals surface area (Å²) in [6.07, 6.45) is 2.05. The fraction of sp³-hybridized carbons (Fsp3) is 0.353. The molecule has 1 fully saturated rings. The van der Waals surface area contributed by atoms with Crippen molar-refractivity contribution >= 4 is 11.2 Å². The predicted molar refractivity (Wildman–Crippen MR) is 88.8 cm³/mol. The maximum Gasteiger partial charge on any atom is 0.329 e. The molecule has 0 spiro atoms. The standard InChI is InChI=1S/C17H18N4O3/c1-20-16-14(15(22)19-17(20)23)18-13(21(16)12-7-8-12)10-24-9-11-5-3-2-4-6-11/h2-6,12H,7-10H2,1H3,(H,19,22,23). The van der Waals surface area contributed by atoms with Gasteiger partial charge in [-0.05, 0) is 18.4 Å². The number of benzene rings is 1. The number of aryl methyl sites for hydroxylation is 1. The van der Waals surface area contributed by atoms with Crippen molar-refractivity contribution in [2.75, 3.05) is 0 Å². The number of fused-ring (bicyclic) bond motifs is 1. The average molecular weight is 326 g/mol. The largest absolute Gasteiger partial charge is 0.369 e. The Morgan fingerprint density at radius 1 is 1.21 bits per heavy atom. The van der Waals surface area contributed by atoms with Crippen LogP contribution < -0.4 is 11.2 Å². The van der Waals surface area contributed by atoms with E-state index >= 15 is 0 Å². The van der Waals surface area contributed by atoms with Crippen molar-refractivity contribution in [2.45, 2.75) is 32.1 Å². The lowest BCUT2D eigenvalue weighted by Gasteiger charge is -2.10. The summed E-state index contributed by atoms with van der Waals surface area (Å²) in [5.41, 5.74) is 1.08. The van der Waals surface area contributed by atoms with Gasteiger partial charge in [0.2, 0.25) is 0 Å². The number of nitrogens with one attached hydrogen (secondary N) is 1. The van der Waals surface area contributed by atoms with Crippen molar-refractivity contribution in [1.29, 1.82) is 0 Å². The fourth-order valence-electron chi connectivity index (χ4n) is 2.93. The Hall–Kier alpha value is -2.67. The van der Waals surface area contributed by atoms with Crippen LogP contribution in [0.25, 0.3) is 11.2 Å². The van der Waals surface area contributed by atoms with Gasteiger partial charge in [-0.15, -0.1) is 0 Å². The summed E-state index contributed by atoms with van der Waals surface area (Å²) in [7, 11) is 1.65. The second kappa shape index (κ2) is 5.76. The maximum absolute atomic E-state index is 12.1. The Balaban J connectivity index is 1.69. The lowest BCUT2D eigenvalue weighted by atomic mass is 10.2. The molecule has 7 nitrogen and oxygen atoms in total. The van der Waals surface area contributed by atoms with Gasteiger partial charge in [0.05, 0.1) is 6.61 Å². The van der Waals surface area contributed by atoms with Gasteiger partial charge >= 0.3 is 5.69 Å². The molecule has 0 atom stereocenters. The Kier molecular flexibility index (Phi) is 3.57. The van der Waals surface area contributed by atoms with Crippen molar-refractivity contribution in [3.05, 3.63) is 62.6 Å². The van der Waals surface area contributed by atoms with Gasteiger partial charge in [0.25, 0.3) is 5.56 Å². The average Bonchev–Trinajstić information content (AvgIpc) is 3.34. The minimum Gasteiger partial charge on any atom is -0.369 e. The molecule has 2 aromatic heterocycles. The van der Waals surface area contributed by atoms with Crippen LogP contribution in [0.1, 0.15) is 30.3 Å². The quantitative estimate of drug-likeness (QED) is 0.770. The first-order valence-corrected chi connectivity index (χ1v) is 7.97. The molecule has 0 saturated heterocycles. The van der Waals surface area contributed by atoms with E-state index in [2.05, 4.69) is 9.97 Å². The summed E-state index contributed by atoms with van der Waals surface area (Å²) in [6, 6.07) is 10.2. The van der Waals surface area contributed by atoms with Crippen LogP contribution in [0.15, 0.2) is 39.9 Å². The molecular formula is C17H18N4O3. The van der Waals surface area contributed by atoms with E-state index in [0.29, 0.717) is 30.2 Å². The number of rotatable bonds is 5. The molecule has 1 saturated carbocycles. The summed E-state index contributed by atoms with van der Waals surface area (Å²) in [6.45, 7) is 0.776. The van der Waals surface area contributed by atoms with Crippen LogP contribution in [0.3, 0.4) is 0 Å². The van der Waals surface area contributed by atoms with Crippen LogP contribution in [0, 0.1) is 0 Å². The SMILES string of the molecule is Cn1c(=O)[nH]c(=O)c2nc(COCc3ccccc3)n(C3CC3)c21. The first kappa shape index (κ1) is 14.9. The molecule has 124 valence electrons. The molecule has 1 aliphatic rings. The Morgan fingerprint density at radius 2 is 1.96 bits per heavy atom. The molecule has 0 radical (unpaired) electrons. The Labute approximate surface area is 137 Å². The molecule has 4 rings (SSSR count). The summed E-state index contributed by atoms with van der Waals surface area (Å²) >= 11 is 0. The molecule has 24 heavy (non-hydrogen) atoms. The van der Waals surface area contributed by atoms with Gasteiger partial charge in [0.15, 0.2) is 5.52 Å². The van der Waals surface area contributed by atoms with E-state index in [1.165, 1.54) is 4.57 Å². The van der Waals surface area contributed by atoms with Crippen LogP contribution in [0.2, 0.25) is 0 Å². The van der Waals surface area contributed by atoms with Crippen molar-refractivity contribution in [3.63, 3.8) is 0 Å². The predicted octanol–water partition coefficient (Wildman–Crippen LogP) is 1.47. The first-order chi connectivity index (χ1) is 11.6. The minimum atomic E-state index is -0.447. The molecule has 1 aliphatic carbocycles. The summed E-state index contributed by atoms with van der Waals surface area (Å²) < 4.78 is 9.21. The highest BCUT2D eigenvalue weighted by atomic mass is 16.5. The van der Waals surface area contributed by atoms with E-state index in [-0.39, 0.29) is 6.04 Å². The number of hydrogen-bond acceptors (Lipinski definition) is 4. The first-order valence-electron chi connectivity index (χ1n) is 7.97. The number of hydrogen-bond donors (Lipinski definition) is 1. The van der Waals surface area contributed by atoms with E-state index < -0.39 is 11.2 Å². The minimum absolute atomic E-state index is 0.290. The molecule has 1 aromatic carbocycles. The molecule has 2 heterocycles. The highest BCUT2D eigenvalue weighted by Crippen LogP contribution is 2.38. The van der Waals surface area contributed by atoms with Gasteiger partial charge in [0.1, 0.15) is 18.1 Å². The summed E-state index contributed by atoms with van der Waals surface area (Å²) in [5, 5.41) is 0. The normalized spacial score (nSPS) is 14.4. The topological polar surface area (TPSA) is 81.9 Å². The number of ether oxygens (including phenoxy) is 1. The zero-order chi connectivity index (χ0) is 16.7. The summed E-state index contributed by atoms with van der Waals surface area (Å²) in [4.78, 5) is 30.7. The molecule has 0 unspecified atom stereocenters. The van der Waals surface area contributed by atoms with Crippen LogP contribution in [0.5, 0.6) is 0 Å². The van der Waals surface area contributed by atoms with E-state index in [4.69, 9.17) is 4.74 Å². The number of aromatic nitrogens is 4. The molecule has 0 amide bonds. The fourth-order valence-corrected chi connectivity index (χ4v) is 2.93. The van der Waals surface area contributed by atoms with Gasteiger partial charge in [-0.3, -0.25) is 14.3 Å². The molecule has 7 heteroatoms. The van der Waals surface area contributed by atoms with E-state index in [0.717, 1.165) is 18.4 Å². The molecule has 0 bridgehead atoms. The van der Waals surface area contributed by atoms with E-state index in [9.17, 15) is 9.59 Å². The maximum atomic E-state index is 12.1. The lowest BCUT2D eigenvalue weighted by molar-refractivity contribution is 0.0995. The monoisotopic (exact) mass is 326 g/mol. The number of aromatic amines is 1. The van der Waals surface area contributed by atoms with Gasteiger partial charge < -0.3 is 9.30 Å². The third kappa shape index (κ3) is 2.56. The van der Waals surface area contributed by atoms with E-state index in [1.807, 2.05) is 34.9 Å².